The van der Waals surface area contributed by atoms with Crippen molar-refractivity contribution in [3.8, 4) is 0 Å². The van der Waals surface area contributed by atoms with Gasteiger partial charge in [0.25, 0.3) is 5.91 Å². The van der Waals surface area contributed by atoms with Crippen molar-refractivity contribution in [1.29, 1.82) is 0 Å². The number of halogens is 2. The summed E-state index contributed by atoms with van der Waals surface area (Å²) < 4.78 is 0.981. The van der Waals surface area contributed by atoms with E-state index in [2.05, 4.69) is 44.1 Å². The highest BCUT2D eigenvalue weighted by Gasteiger charge is 2.12. The Balaban J connectivity index is 2.49. The number of hydrogen-bond acceptors (Lipinski definition) is 2. The summed E-state index contributed by atoms with van der Waals surface area (Å²) in [5.74, 6) is 0.00588. The van der Waals surface area contributed by atoms with Gasteiger partial charge in [-0.3, -0.25) is 4.79 Å². The Morgan fingerprint density at radius 1 is 1.53 bits per heavy atom. The van der Waals surface area contributed by atoms with Gasteiger partial charge in [0, 0.05) is 10.9 Å². The van der Waals surface area contributed by atoms with Crippen LogP contribution < -0.4 is 5.32 Å². The van der Waals surface area contributed by atoms with Crippen molar-refractivity contribution in [2.45, 2.75) is 31.1 Å². The van der Waals surface area contributed by atoms with Gasteiger partial charge in [-0.2, -0.15) is 0 Å². The van der Waals surface area contributed by atoms with Gasteiger partial charge in [0.05, 0.1) is 8.66 Å². The van der Waals surface area contributed by atoms with Crippen molar-refractivity contribution in [3.63, 3.8) is 0 Å². The van der Waals surface area contributed by atoms with Gasteiger partial charge in [0.2, 0.25) is 0 Å². The van der Waals surface area contributed by atoms with Crippen LogP contribution in [0.3, 0.4) is 0 Å². The van der Waals surface area contributed by atoms with E-state index in [1.165, 1.54) is 11.3 Å². The molecule has 0 aliphatic heterocycles. The molecule has 0 fully saturated rings. The van der Waals surface area contributed by atoms with E-state index in [4.69, 9.17) is 0 Å². The van der Waals surface area contributed by atoms with Crippen LogP contribution >= 0.6 is 43.2 Å². The first-order chi connectivity index (χ1) is 6.99. The van der Waals surface area contributed by atoms with Crippen molar-refractivity contribution >= 4 is 49.1 Å². The molecule has 15 heavy (non-hydrogen) atoms. The first-order valence-corrected chi connectivity index (χ1v) is 7.22. The molecule has 1 aromatic rings. The third kappa shape index (κ3) is 4.66. The molecule has 1 amide bonds. The molecule has 2 unspecified atom stereocenters. The van der Waals surface area contributed by atoms with Gasteiger partial charge in [0.15, 0.2) is 0 Å². The van der Waals surface area contributed by atoms with Crippen LogP contribution in [0.1, 0.15) is 29.9 Å². The van der Waals surface area contributed by atoms with Crippen LogP contribution in [0.5, 0.6) is 0 Å². The van der Waals surface area contributed by atoms with Crippen molar-refractivity contribution in [3.05, 3.63) is 20.8 Å². The minimum Gasteiger partial charge on any atom is -0.349 e. The number of thiophene rings is 1. The Bertz CT molecular complexity index is 338. The van der Waals surface area contributed by atoms with E-state index in [1.807, 2.05) is 19.1 Å². The number of rotatable bonds is 4. The molecule has 0 radical (unpaired) electrons. The van der Waals surface area contributed by atoms with E-state index in [9.17, 15) is 4.79 Å². The molecule has 1 rings (SSSR count). The minimum atomic E-state index is 0.00588. The molecule has 0 saturated carbocycles. The topological polar surface area (TPSA) is 29.1 Å². The SMILES string of the molecule is CC(Br)CC(C)NC(=O)c1ccc(Br)s1. The molecule has 1 heterocycles. The predicted molar refractivity (Wildman–Crippen MR) is 72.0 cm³/mol. The molecule has 0 aromatic carbocycles. The summed E-state index contributed by atoms with van der Waals surface area (Å²) >= 11 is 8.26. The van der Waals surface area contributed by atoms with Crippen molar-refractivity contribution < 1.29 is 4.79 Å². The van der Waals surface area contributed by atoms with Gasteiger partial charge in [-0.25, -0.2) is 0 Å². The van der Waals surface area contributed by atoms with E-state index in [0.717, 1.165) is 15.1 Å². The van der Waals surface area contributed by atoms with Gasteiger partial charge in [-0.05, 0) is 41.4 Å². The third-order valence-corrected chi connectivity index (χ3v) is 3.85. The van der Waals surface area contributed by atoms with Gasteiger partial charge in [-0.15, -0.1) is 11.3 Å². The molecular formula is C10H13Br2NOS. The summed E-state index contributed by atoms with van der Waals surface area (Å²) in [6.45, 7) is 4.09. The summed E-state index contributed by atoms with van der Waals surface area (Å²) in [6, 6.07) is 3.90. The smallest absolute Gasteiger partial charge is 0.261 e. The highest BCUT2D eigenvalue weighted by Crippen LogP contribution is 2.22. The van der Waals surface area contributed by atoms with E-state index in [1.54, 1.807) is 0 Å². The average Bonchev–Trinajstić information content (AvgIpc) is 2.49. The van der Waals surface area contributed by atoms with Crippen LogP contribution in [-0.4, -0.2) is 16.8 Å². The molecule has 5 heteroatoms. The Labute approximate surface area is 111 Å². The zero-order valence-electron chi connectivity index (χ0n) is 8.59. The molecule has 0 spiro atoms. The molecule has 2 nitrogen and oxygen atoms in total. The molecular weight excluding hydrogens is 342 g/mol. The second-order valence-corrected chi connectivity index (χ2v) is 7.52. The maximum absolute atomic E-state index is 11.7. The lowest BCUT2D eigenvalue weighted by molar-refractivity contribution is 0.0943. The van der Waals surface area contributed by atoms with Crippen LogP contribution in [0.4, 0.5) is 0 Å². The fourth-order valence-corrected chi connectivity index (χ4v) is 3.13. The zero-order chi connectivity index (χ0) is 11.4. The Kier molecular flexibility index (Phi) is 5.29. The Hall–Kier alpha value is 0.130. The zero-order valence-corrected chi connectivity index (χ0v) is 12.6. The molecule has 1 N–H and O–H groups in total. The van der Waals surface area contributed by atoms with Crippen LogP contribution in [0.25, 0.3) is 0 Å². The molecule has 0 aliphatic carbocycles. The monoisotopic (exact) mass is 353 g/mol. The number of hydrogen-bond donors (Lipinski definition) is 1. The molecule has 0 aliphatic rings. The summed E-state index contributed by atoms with van der Waals surface area (Å²) in [7, 11) is 0. The van der Waals surface area contributed by atoms with Crippen LogP contribution in [-0.2, 0) is 0 Å². The van der Waals surface area contributed by atoms with Gasteiger partial charge in [-0.1, -0.05) is 22.9 Å². The second kappa shape index (κ2) is 6.01. The van der Waals surface area contributed by atoms with Crippen molar-refractivity contribution in [1.82, 2.24) is 5.32 Å². The first-order valence-electron chi connectivity index (χ1n) is 4.69. The second-order valence-electron chi connectivity index (χ2n) is 3.49. The number of nitrogens with one attached hydrogen (secondary N) is 1. The highest BCUT2D eigenvalue weighted by atomic mass is 79.9. The molecule has 0 saturated heterocycles. The van der Waals surface area contributed by atoms with Crippen LogP contribution in [0.15, 0.2) is 15.9 Å². The van der Waals surface area contributed by atoms with E-state index < -0.39 is 0 Å². The number of carbonyl (C=O) groups is 1. The van der Waals surface area contributed by atoms with Gasteiger partial charge in [0.1, 0.15) is 0 Å². The summed E-state index contributed by atoms with van der Waals surface area (Å²) in [4.78, 5) is 12.9. The number of carbonyl (C=O) groups excluding carboxylic acids is 1. The molecule has 0 bridgehead atoms. The standard InChI is InChI=1S/C10H13Br2NOS/c1-6(11)5-7(2)13-10(14)8-3-4-9(12)15-8/h3-4,6-7H,5H2,1-2H3,(H,13,14). The minimum absolute atomic E-state index is 0.00588. The van der Waals surface area contributed by atoms with Gasteiger partial charge >= 0.3 is 0 Å². The van der Waals surface area contributed by atoms with Crippen molar-refractivity contribution in [2.75, 3.05) is 0 Å². The summed E-state index contributed by atoms with van der Waals surface area (Å²) in [6.07, 6.45) is 0.929. The lowest BCUT2D eigenvalue weighted by Gasteiger charge is -2.14. The summed E-state index contributed by atoms with van der Waals surface area (Å²) in [5.41, 5.74) is 0. The normalized spacial score (nSPS) is 14.7. The van der Waals surface area contributed by atoms with E-state index in [-0.39, 0.29) is 11.9 Å². The lowest BCUT2D eigenvalue weighted by atomic mass is 10.2. The molecule has 84 valence electrons. The Morgan fingerprint density at radius 2 is 2.20 bits per heavy atom. The largest absolute Gasteiger partial charge is 0.349 e. The Morgan fingerprint density at radius 3 is 2.67 bits per heavy atom. The van der Waals surface area contributed by atoms with E-state index >= 15 is 0 Å². The maximum atomic E-state index is 11.7. The van der Waals surface area contributed by atoms with Crippen LogP contribution in [0.2, 0.25) is 0 Å². The van der Waals surface area contributed by atoms with Crippen molar-refractivity contribution in [2.24, 2.45) is 0 Å². The third-order valence-electron chi connectivity index (χ3n) is 1.85. The summed E-state index contributed by atoms with van der Waals surface area (Å²) in [5, 5.41) is 2.96. The predicted octanol–water partition coefficient (Wildman–Crippen LogP) is 3.80. The maximum Gasteiger partial charge on any atom is 0.261 e. The molecule has 2 atom stereocenters. The lowest BCUT2D eigenvalue weighted by Crippen LogP contribution is -2.33. The molecule has 1 aromatic heterocycles. The number of alkyl halides is 1. The van der Waals surface area contributed by atoms with Gasteiger partial charge < -0.3 is 5.32 Å². The fourth-order valence-electron chi connectivity index (χ4n) is 1.28. The fraction of sp³-hybridized carbons (Fsp3) is 0.500. The van der Waals surface area contributed by atoms with Crippen LogP contribution in [0, 0.1) is 0 Å². The average molecular weight is 355 g/mol. The van der Waals surface area contributed by atoms with E-state index in [0.29, 0.717) is 4.83 Å². The number of amides is 1. The first kappa shape index (κ1) is 13.2. The highest BCUT2D eigenvalue weighted by molar-refractivity contribution is 9.11. The quantitative estimate of drug-likeness (QED) is 0.818.